The lowest BCUT2D eigenvalue weighted by Crippen LogP contribution is -2.51. The molecule has 4 aliphatic rings. The van der Waals surface area contributed by atoms with Crippen molar-refractivity contribution < 1.29 is 0 Å². The van der Waals surface area contributed by atoms with Gasteiger partial charge >= 0.3 is 0 Å². The number of fused-ring (bicyclic) bond motifs is 5. The molecule has 0 amide bonds. The van der Waals surface area contributed by atoms with Gasteiger partial charge in [0.25, 0.3) is 0 Å². The Hall–Kier alpha value is -1.11. The minimum absolute atomic E-state index is 0.380. The first-order valence-electron chi connectivity index (χ1n) is 11.6. The summed E-state index contributed by atoms with van der Waals surface area (Å²) in [5.74, 6) is 3.82. The molecule has 27 heavy (non-hydrogen) atoms. The smallest absolute Gasteiger partial charge is 0.0343 e. The van der Waals surface area contributed by atoms with Crippen LogP contribution in [0.15, 0.2) is 24.5 Å². The highest BCUT2D eigenvalue weighted by Gasteiger charge is 2.57. The van der Waals surface area contributed by atoms with Crippen LogP contribution < -0.4 is 0 Å². The lowest BCUT2D eigenvalue weighted by molar-refractivity contribution is -0.0808. The third-order valence-electron chi connectivity index (χ3n) is 9.60. The fraction of sp³-hybridized carbons (Fsp3) is 0.731. The van der Waals surface area contributed by atoms with Gasteiger partial charge in [-0.1, -0.05) is 39.2 Å². The Labute approximate surface area is 166 Å². The average Bonchev–Trinajstić information content (AvgIpc) is 2.88. The minimum atomic E-state index is 0.380. The van der Waals surface area contributed by atoms with E-state index in [2.05, 4.69) is 44.1 Å². The zero-order valence-electron chi connectivity index (χ0n) is 17.6. The highest BCUT2D eigenvalue weighted by atomic mass is 14.6. The van der Waals surface area contributed by atoms with Gasteiger partial charge in [0.15, 0.2) is 0 Å². The van der Waals surface area contributed by atoms with Crippen molar-refractivity contribution in [2.24, 2.45) is 34.5 Å². The molecule has 3 fully saturated rings. The third-order valence-corrected chi connectivity index (χ3v) is 9.60. The number of allylic oxidation sites excluding steroid dienone is 2. The summed E-state index contributed by atoms with van der Waals surface area (Å²) >= 11 is 0. The lowest BCUT2D eigenvalue weighted by atomic mass is 9.46. The Bertz CT molecular complexity index is 748. The zero-order chi connectivity index (χ0) is 18.6. The summed E-state index contributed by atoms with van der Waals surface area (Å²) in [5, 5.41) is 0. The molecule has 0 saturated heterocycles. The fourth-order valence-corrected chi connectivity index (χ4v) is 8.19. The quantitative estimate of drug-likeness (QED) is 0.514. The number of nitrogens with zero attached hydrogens (tertiary/aromatic N) is 1. The molecule has 1 heteroatoms. The van der Waals surface area contributed by atoms with Crippen molar-refractivity contribution in [3.63, 3.8) is 0 Å². The Balaban J connectivity index is 1.45. The normalized spacial score (nSPS) is 43.9. The van der Waals surface area contributed by atoms with Gasteiger partial charge in [-0.05, 0) is 109 Å². The summed E-state index contributed by atoms with van der Waals surface area (Å²) in [5.41, 5.74) is 5.32. The maximum atomic E-state index is 4.51. The van der Waals surface area contributed by atoms with Crippen LogP contribution in [0.2, 0.25) is 0 Å². The van der Waals surface area contributed by atoms with Gasteiger partial charge in [-0.25, -0.2) is 0 Å². The zero-order valence-corrected chi connectivity index (χ0v) is 17.6. The van der Waals surface area contributed by atoms with Gasteiger partial charge in [0.2, 0.25) is 0 Å². The second kappa shape index (κ2) is 6.46. The minimum Gasteiger partial charge on any atom is -0.264 e. The number of aryl methyl sites for hydroxylation is 1. The Morgan fingerprint density at radius 3 is 2.67 bits per heavy atom. The van der Waals surface area contributed by atoms with E-state index in [1.165, 1.54) is 75.3 Å². The third kappa shape index (κ3) is 2.67. The molecule has 0 radical (unpaired) electrons. The van der Waals surface area contributed by atoms with Crippen molar-refractivity contribution in [1.29, 1.82) is 0 Å². The summed E-state index contributed by atoms with van der Waals surface area (Å²) in [6, 6.07) is 2.36. The summed E-state index contributed by atoms with van der Waals surface area (Å²) in [7, 11) is 0. The van der Waals surface area contributed by atoms with E-state index in [9.17, 15) is 0 Å². The van der Waals surface area contributed by atoms with Crippen LogP contribution in [0.5, 0.6) is 0 Å². The number of hydrogen-bond acceptors (Lipinski definition) is 1. The highest BCUT2D eigenvalue weighted by Crippen LogP contribution is 2.67. The molecule has 146 valence electrons. The molecule has 1 nitrogen and oxygen atoms in total. The van der Waals surface area contributed by atoms with Crippen molar-refractivity contribution in [3.8, 4) is 0 Å². The van der Waals surface area contributed by atoms with E-state index in [0.717, 1.165) is 23.7 Å². The van der Waals surface area contributed by atoms with Gasteiger partial charge in [-0.15, -0.1) is 0 Å². The molecule has 6 atom stereocenters. The topological polar surface area (TPSA) is 12.9 Å². The first-order chi connectivity index (χ1) is 13.0. The van der Waals surface area contributed by atoms with Crippen LogP contribution in [-0.2, 0) is 0 Å². The van der Waals surface area contributed by atoms with E-state index in [-0.39, 0.29) is 0 Å². The van der Waals surface area contributed by atoms with Crippen LogP contribution in [0, 0.1) is 41.4 Å². The van der Waals surface area contributed by atoms with Gasteiger partial charge in [-0.2, -0.15) is 0 Å². The van der Waals surface area contributed by atoms with E-state index in [1.54, 1.807) is 5.57 Å². The second-order valence-corrected chi connectivity index (χ2v) is 10.8. The van der Waals surface area contributed by atoms with E-state index < -0.39 is 0 Å². The summed E-state index contributed by atoms with van der Waals surface area (Å²) in [4.78, 5) is 4.51. The summed E-state index contributed by atoms with van der Waals surface area (Å²) < 4.78 is 0. The SMILES string of the molecule is Cc1cncc(C2=CCC3[C@@H]4CCC5CCCCC[C@]5(C)C4CC[C@]23C)c1. The van der Waals surface area contributed by atoms with Crippen molar-refractivity contribution >= 4 is 5.57 Å². The summed E-state index contributed by atoms with van der Waals surface area (Å²) in [6.45, 7) is 7.48. The molecule has 4 aliphatic carbocycles. The average molecular weight is 364 g/mol. The predicted octanol–water partition coefficient (Wildman–Crippen LogP) is 7.21. The number of hydrogen-bond donors (Lipinski definition) is 0. The number of aromatic nitrogens is 1. The second-order valence-electron chi connectivity index (χ2n) is 10.8. The molecule has 0 N–H and O–H groups in total. The van der Waals surface area contributed by atoms with Crippen LogP contribution in [0.4, 0.5) is 0 Å². The predicted molar refractivity (Wildman–Crippen MR) is 113 cm³/mol. The number of rotatable bonds is 1. The molecule has 1 heterocycles. The Kier molecular flexibility index (Phi) is 4.30. The molecule has 0 aromatic carbocycles. The Morgan fingerprint density at radius 2 is 1.81 bits per heavy atom. The van der Waals surface area contributed by atoms with E-state index in [4.69, 9.17) is 0 Å². The van der Waals surface area contributed by atoms with Gasteiger partial charge in [0, 0.05) is 12.4 Å². The highest BCUT2D eigenvalue weighted by molar-refractivity contribution is 5.72. The molecule has 3 unspecified atom stereocenters. The molecular weight excluding hydrogens is 326 g/mol. The van der Waals surface area contributed by atoms with Crippen LogP contribution >= 0.6 is 0 Å². The van der Waals surface area contributed by atoms with E-state index in [0.29, 0.717) is 10.8 Å². The van der Waals surface area contributed by atoms with Crippen molar-refractivity contribution in [1.82, 2.24) is 4.98 Å². The maximum Gasteiger partial charge on any atom is 0.0343 e. The van der Waals surface area contributed by atoms with Crippen LogP contribution in [0.3, 0.4) is 0 Å². The first kappa shape index (κ1) is 18.0. The standard InChI is InChI=1S/C26H37N/c1-18-15-19(17-27-16-18)22-10-11-23-21-9-8-20-7-5-4-6-13-25(20,2)24(21)12-14-26(22,23)3/h10,15-17,20-21,23-24H,4-9,11-14H2,1-3H3/t20?,21-,23?,24?,25-,26+/m0/s1. The van der Waals surface area contributed by atoms with Crippen LogP contribution in [0.1, 0.15) is 89.2 Å². The van der Waals surface area contributed by atoms with Crippen molar-refractivity contribution in [2.75, 3.05) is 0 Å². The molecular formula is C26H37N. The molecule has 0 bridgehead atoms. The molecule has 3 saturated carbocycles. The van der Waals surface area contributed by atoms with E-state index in [1.807, 2.05) is 6.20 Å². The van der Waals surface area contributed by atoms with Crippen molar-refractivity contribution in [3.05, 3.63) is 35.7 Å². The fourth-order valence-electron chi connectivity index (χ4n) is 8.19. The molecule has 5 rings (SSSR count). The maximum absolute atomic E-state index is 4.51. The van der Waals surface area contributed by atoms with Gasteiger partial charge < -0.3 is 0 Å². The summed E-state index contributed by atoms with van der Waals surface area (Å²) in [6.07, 6.45) is 21.3. The lowest BCUT2D eigenvalue weighted by Gasteiger charge is -2.59. The molecule has 1 aromatic rings. The largest absolute Gasteiger partial charge is 0.264 e. The Morgan fingerprint density at radius 1 is 0.926 bits per heavy atom. The van der Waals surface area contributed by atoms with E-state index >= 15 is 0 Å². The van der Waals surface area contributed by atoms with Crippen LogP contribution in [0.25, 0.3) is 5.57 Å². The monoisotopic (exact) mass is 363 g/mol. The van der Waals surface area contributed by atoms with Gasteiger partial charge in [0.05, 0.1) is 0 Å². The molecule has 0 aliphatic heterocycles. The number of pyridine rings is 1. The van der Waals surface area contributed by atoms with Crippen molar-refractivity contribution in [2.45, 2.75) is 85.0 Å². The van der Waals surface area contributed by atoms with Crippen LogP contribution in [-0.4, -0.2) is 4.98 Å². The first-order valence-corrected chi connectivity index (χ1v) is 11.6. The molecule has 1 aromatic heterocycles. The molecule has 0 spiro atoms. The van der Waals surface area contributed by atoms with Gasteiger partial charge in [-0.3, -0.25) is 4.98 Å². The van der Waals surface area contributed by atoms with Gasteiger partial charge in [0.1, 0.15) is 0 Å².